The molecule has 0 radical (unpaired) electrons. The lowest BCUT2D eigenvalue weighted by atomic mass is 9.85. The fraction of sp³-hybridized carbons (Fsp3) is 0.647. The molecule has 0 saturated carbocycles. The fourth-order valence-electron chi connectivity index (χ4n) is 3.24. The maximum Gasteiger partial charge on any atom is 0.119 e. The van der Waals surface area contributed by atoms with E-state index >= 15 is 0 Å². The lowest BCUT2D eigenvalue weighted by Gasteiger charge is -2.43. The zero-order chi connectivity index (χ0) is 14.4. The number of hydrogen-bond donors (Lipinski definition) is 1. The second-order valence-corrected chi connectivity index (χ2v) is 7.17. The van der Waals surface area contributed by atoms with Gasteiger partial charge in [-0.05, 0) is 49.3 Å². The molecule has 0 aromatic heterocycles. The highest BCUT2D eigenvalue weighted by molar-refractivity contribution is 7.99. The third-order valence-corrected chi connectivity index (χ3v) is 5.43. The zero-order valence-electron chi connectivity index (χ0n) is 12.6. The average molecular weight is 307 g/mol. The summed E-state index contributed by atoms with van der Waals surface area (Å²) in [4.78, 5) is 0. The smallest absolute Gasteiger partial charge is 0.119 e. The van der Waals surface area contributed by atoms with Gasteiger partial charge < -0.3 is 14.8 Å². The van der Waals surface area contributed by atoms with E-state index in [1.54, 1.807) is 0 Å². The van der Waals surface area contributed by atoms with Gasteiger partial charge in [-0.25, -0.2) is 0 Å². The second kappa shape index (κ2) is 7.52. The summed E-state index contributed by atoms with van der Waals surface area (Å²) < 4.78 is 11.9. The van der Waals surface area contributed by atoms with E-state index < -0.39 is 0 Å². The molecule has 2 aliphatic rings. The number of nitrogens with one attached hydrogen (secondary N) is 1. The SMILES string of the molecule is c1ccc(OCCNC2CCOC3(CCSCC3)C2)cc1. The van der Waals surface area contributed by atoms with Crippen LogP contribution in [0.1, 0.15) is 25.7 Å². The number of thioether (sulfide) groups is 1. The highest BCUT2D eigenvalue weighted by atomic mass is 32.2. The van der Waals surface area contributed by atoms with E-state index in [1.165, 1.54) is 30.8 Å². The quantitative estimate of drug-likeness (QED) is 0.847. The first-order valence-corrected chi connectivity index (χ1v) is 9.15. The Kier molecular flexibility index (Phi) is 5.44. The molecule has 3 nitrogen and oxygen atoms in total. The summed E-state index contributed by atoms with van der Waals surface area (Å²) in [6.07, 6.45) is 4.73. The average Bonchev–Trinajstić information content (AvgIpc) is 2.54. The Bertz CT molecular complexity index is 415. The molecule has 1 unspecified atom stereocenters. The normalized spacial score (nSPS) is 24.9. The van der Waals surface area contributed by atoms with Gasteiger partial charge in [0.15, 0.2) is 0 Å². The third kappa shape index (κ3) is 4.38. The van der Waals surface area contributed by atoms with Gasteiger partial charge in [0, 0.05) is 19.2 Å². The van der Waals surface area contributed by atoms with Crippen molar-refractivity contribution in [1.29, 1.82) is 0 Å². The van der Waals surface area contributed by atoms with Crippen molar-refractivity contribution in [2.24, 2.45) is 0 Å². The molecule has 3 rings (SSSR count). The van der Waals surface area contributed by atoms with Crippen LogP contribution in [0.25, 0.3) is 0 Å². The van der Waals surface area contributed by atoms with Crippen molar-refractivity contribution in [2.75, 3.05) is 31.3 Å². The Balaban J connectivity index is 1.39. The Morgan fingerprint density at radius 3 is 2.86 bits per heavy atom. The van der Waals surface area contributed by atoms with Gasteiger partial charge in [0.25, 0.3) is 0 Å². The molecule has 1 aromatic rings. The predicted octanol–water partition coefficient (Wildman–Crippen LogP) is 3.10. The number of benzene rings is 1. The van der Waals surface area contributed by atoms with Crippen LogP contribution >= 0.6 is 11.8 Å². The summed E-state index contributed by atoms with van der Waals surface area (Å²) in [5.74, 6) is 3.46. The molecule has 2 heterocycles. The molecule has 0 amide bonds. The van der Waals surface area contributed by atoms with Crippen molar-refractivity contribution < 1.29 is 9.47 Å². The van der Waals surface area contributed by atoms with Crippen LogP contribution in [0, 0.1) is 0 Å². The van der Waals surface area contributed by atoms with Crippen LogP contribution in [-0.2, 0) is 4.74 Å². The van der Waals surface area contributed by atoms with Crippen molar-refractivity contribution in [3.8, 4) is 5.75 Å². The number of ether oxygens (including phenoxy) is 2. The van der Waals surface area contributed by atoms with Crippen LogP contribution in [0.15, 0.2) is 30.3 Å². The second-order valence-electron chi connectivity index (χ2n) is 5.95. The van der Waals surface area contributed by atoms with E-state index in [0.29, 0.717) is 6.04 Å². The van der Waals surface area contributed by atoms with E-state index in [4.69, 9.17) is 9.47 Å². The van der Waals surface area contributed by atoms with Gasteiger partial charge in [-0.1, -0.05) is 18.2 Å². The number of rotatable bonds is 5. The molecule has 0 bridgehead atoms. The summed E-state index contributed by atoms with van der Waals surface area (Å²) in [5, 5.41) is 3.65. The van der Waals surface area contributed by atoms with E-state index in [9.17, 15) is 0 Å². The highest BCUT2D eigenvalue weighted by Crippen LogP contribution is 2.37. The van der Waals surface area contributed by atoms with Crippen molar-refractivity contribution in [3.05, 3.63) is 30.3 Å². The fourth-order valence-corrected chi connectivity index (χ4v) is 4.48. The van der Waals surface area contributed by atoms with Crippen LogP contribution in [0.2, 0.25) is 0 Å². The largest absolute Gasteiger partial charge is 0.492 e. The molecular formula is C17H25NO2S. The van der Waals surface area contributed by atoms with Gasteiger partial charge in [0.2, 0.25) is 0 Å². The molecule has 0 aliphatic carbocycles. The van der Waals surface area contributed by atoms with Crippen molar-refractivity contribution >= 4 is 11.8 Å². The Labute approximate surface area is 131 Å². The monoisotopic (exact) mass is 307 g/mol. The zero-order valence-corrected chi connectivity index (χ0v) is 13.4. The number of hydrogen-bond acceptors (Lipinski definition) is 4. The molecule has 21 heavy (non-hydrogen) atoms. The maximum absolute atomic E-state index is 6.13. The summed E-state index contributed by atoms with van der Waals surface area (Å²) in [6, 6.07) is 10.6. The minimum Gasteiger partial charge on any atom is -0.492 e. The summed E-state index contributed by atoms with van der Waals surface area (Å²) in [6.45, 7) is 2.54. The minimum absolute atomic E-state index is 0.168. The van der Waals surface area contributed by atoms with Crippen LogP contribution in [-0.4, -0.2) is 42.9 Å². The molecule has 1 atom stereocenters. The van der Waals surface area contributed by atoms with Crippen LogP contribution < -0.4 is 10.1 Å². The topological polar surface area (TPSA) is 30.5 Å². The Morgan fingerprint density at radius 2 is 2.05 bits per heavy atom. The molecule has 2 fully saturated rings. The first-order chi connectivity index (χ1) is 10.4. The summed E-state index contributed by atoms with van der Waals surface area (Å²) in [5.41, 5.74) is 0.168. The van der Waals surface area contributed by atoms with Gasteiger partial charge in [0.05, 0.1) is 5.60 Å². The first-order valence-electron chi connectivity index (χ1n) is 7.99. The summed E-state index contributed by atoms with van der Waals surface area (Å²) in [7, 11) is 0. The lowest BCUT2D eigenvalue weighted by Crippen LogP contribution is -2.49. The van der Waals surface area contributed by atoms with Crippen LogP contribution in [0.4, 0.5) is 0 Å². The molecule has 116 valence electrons. The highest BCUT2D eigenvalue weighted by Gasteiger charge is 2.38. The van der Waals surface area contributed by atoms with Crippen LogP contribution in [0.3, 0.4) is 0 Å². The minimum atomic E-state index is 0.168. The van der Waals surface area contributed by atoms with E-state index in [-0.39, 0.29) is 5.60 Å². The van der Waals surface area contributed by atoms with E-state index in [2.05, 4.69) is 17.1 Å². The van der Waals surface area contributed by atoms with Gasteiger partial charge in [0.1, 0.15) is 12.4 Å². The molecule has 1 aromatic carbocycles. The van der Waals surface area contributed by atoms with E-state index in [1.807, 2.05) is 30.3 Å². The molecule has 1 spiro atoms. The van der Waals surface area contributed by atoms with E-state index in [0.717, 1.165) is 31.9 Å². The molecule has 2 saturated heterocycles. The Morgan fingerprint density at radius 1 is 1.24 bits per heavy atom. The molecule has 2 aliphatic heterocycles. The summed E-state index contributed by atoms with van der Waals surface area (Å²) >= 11 is 2.06. The molecular weight excluding hydrogens is 282 g/mol. The first kappa shape index (κ1) is 15.2. The van der Waals surface area contributed by atoms with Gasteiger partial charge in [-0.15, -0.1) is 0 Å². The van der Waals surface area contributed by atoms with Gasteiger partial charge in [-0.3, -0.25) is 0 Å². The molecule has 1 N–H and O–H groups in total. The lowest BCUT2D eigenvalue weighted by molar-refractivity contribution is -0.0932. The van der Waals surface area contributed by atoms with Crippen molar-refractivity contribution in [1.82, 2.24) is 5.32 Å². The van der Waals surface area contributed by atoms with Crippen molar-refractivity contribution in [2.45, 2.75) is 37.3 Å². The van der Waals surface area contributed by atoms with Crippen molar-refractivity contribution in [3.63, 3.8) is 0 Å². The predicted molar refractivity (Wildman–Crippen MR) is 88.2 cm³/mol. The van der Waals surface area contributed by atoms with Gasteiger partial charge in [-0.2, -0.15) is 11.8 Å². The standard InChI is InChI=1S/C17H25NO2S/c1-2-4-16(5-3-1)19-11-9-18-15-6-10-20-17(14-15)7-12-21-13-8-17/h1-5,15,18H,6-14H2. The maximum atomic E-state index is 6.13. The molecule has 4 heteroatoms. The van der Waals surface area contributed by atoms with Gasteiger partial charge >= 0.3 is 0 Å². The number of para-hydroxylation sites is 1. The van der Waals surface area contributed by atoms with Crippen LogP contribution in [0.5, 0.6) is 5.75 Å². The Hall–Kier alpha value is -0.710. The third-order valence-electron chi connectivity index (χ3n) is 4.44.